The van der Waals surface area contributed by atoms with Crippen molar-refractivity contribution in [2.75, 3.05) is 0 Å². The van der Waals surface area contributed by atoms with E-state index in [1.54, 1.807) is 20.8 Å². The Morgan fingerprint density at radius 2 is 1.63 bits per heavy atom. The minimum Gasteiger partial charge on any atom is -0.478 e. The van der Waals surface area contributed by atoms with Crippen molar-refractivity contribution in [1.29, 1.82) is 0 Å². The summed E-state index contributed by atoms with van der Waals surface area (Å²) in [5.41, 5.74) is 5.62. The fraction of sp³-hybridized carbons (Fsp3) is 0.286. The molecule has 0 aliphatic heterocycles. The highest BCUT2D eigenvalue weighted by Gasteiger charge is 2.24. The van der Waals surface area contributed by atoms with Crippen molar-refractivity contribution >= 4 is 5.97 Å². The highest BCUT2D eigenvalue weighted by atomic mass is 19.1. The molecule has 3 aromatic rings. The zero-order valence-corrected chi connectivity index (χ0v) is 16.2. The van der Waals surface area contributed by atoms with Crippen LogP contribution in [0.4, 0.5) is 4.39 Å². The van der Waals surface area contributed by atoms with E-state index >= 15 is 0 Å². The van der Waals surface area contributed by atoms with Crippen LogP contribution in [0.2, 0.25) is 0 Å². The number of nitrogens with zero attached hydrogens (tertiary/aromatic N) is 2. The molecule has 0 bridgehead atoms. The minimum atomic E-state index is -1.00. The van der Waals surface area contributed by atoms with E-state index < -0.39 is 11.8 Å². The Kier molecular flexibility index (Phi) is 4.59. The molecule has 1 heterocycles. The minimum absolute atomic E-state index is 0.0777. The van der Waals surface area contributed by atoms with Gasteiger partial charge in [0.15, 0.2) is 0 Å². The second-order valence-electron chi connectivity index (χ2n) is 6.92. The largest absolute Gasteiger partial charge is 0.478 e. The van der Waals surface area contributed by atoms with E-state index in [1.807, 2.05) is 26.8 Å². The maximum atomic E-state index is 14.4. The zero-order valence-electron chi connectivity index (χ0n) is 16.2. The van der Waals surface area contributed by atoms with E-state index in [1.165, 1.54) is 6.07 Å². The van der Waals surface area contributed by atoms with E-state index in [0.717, 1.165) is 16.7 Å². The Hall–Kier alpha value is -3.02. The Morgan fingerprint density at radius 1 is 0.963 bits per heavy atom. The normalized spacial score (nSPS) is 11.1. The first-order chi connectivity index (χ1) is 12.6. The van der Waals surface area contributed by atoms with Crippen LogP contribution in [0.3, 0.4) is 0 Å². The summed E-state index contributed by atoms with van der Waals surface area (Å²) in [6.07, 6.45) is 0. The Labute approximate surface area is 156 Å². The molecule has 0 spiro atoms. The van der Waals surface area contributed by atoms with Gasteiger partial charge in [-0.05, 0) is 81.0 Å². The van der Waals surface area contributed by atoms with Crippen LogP contribution < -0.4 is 0 Å². The lowest BCUT2D eigenvalue weighted by Gasteiger charge is -2.16. The van der Waals surface area contributed by atoms with Crippen LogP contribution in [-0.2, 0) is 0 Å². The number of rotatable bonds is 3. The zero-order chi connectivity index (χ0) is 20.0. The van der Waals surface area contributed by atoms with Crippen molar-refractivity contribution in [3.05, 3.63) is 56.9 Å². The molecule has 1 aromatic heterocycles. The van der Waals surface area contributed by atoms with Crippen molar-refractivity contribution < 1.29 is 18.8 Å². The Bertz CT molecular complexity index is 1060. The third-order valence-electron chi connectivity index (χ3n) is 5.13. The quantitative estimate of drug-likeness (QED) is 0.697. The topological polar surface area (TPSA) is 76.2 Å². The highest BCUT2D eigenvalue weighted by Crippen LogP contribution is 2.35. The number of aromatic nitrogens is 2. The summed E-state index contributed by atoms with van der Waals surface area (Å²) >= 11 is 0. The molecule has 6 heteroatoms. The standard InChI is InChI=1S/C21H21FN2O3/c1-9-7-10(2)16(15(22)8-9)20-23-19(24-27-20)17-12(4)11(3)13(5)18(14(17)6)21(25)26/h7-8H,1-6H3,(H,25,26). The molecule has 0 saturated carbocycles. The lowest BCUT2D eigenvalue weighted by Crippen LogP contribution is -2.09. The lowest BCUT2D eigenvalue weighted by molar-refractivity contribution is 0.0695. The fourth-order valence-corrected chi connectivity index (χ4v) is 3.61. The molecule has 140 valence electrons. The molecule has 0 fully saturated rings. The number of benzene rings is 2. The van der Waals surface area contributed by atoms with Gasteiger partial charge in [-0.3, -0.25) is 0 Å². The first kappa shape index (κ1) is 18.8. The molecule has 0 aliphatic rings. The molecular formula is C21H21FN2O3. The third-order valence-corrected chi connectivity index (χ3v) is 5.13. The average molecular weight is 368 g/mol. The summed E-state index contributed by atoms with van der Waals surface area (Å²) in [5, 5.41) is 13.6. The number of hydrogen-bond donors (Lipinski definition) is 1. The van der Waals surface area contributed by atoms with E-state index in [-0.39, 0.29) is 22.8 Å². The molecule has 0 unspecified atom stereocenters. The third kappa shape index (κ3) is 3.01. The van der Waals surface area contributed by atoms with Crippen LogP contribution in [-0.4, -0.2) is 21.2 Å². The predicted molar refractivity (Wildman–Crippen MR) is 101 cm³/mol. The van der Waals surface area contributed by atoms with Crippen LogP contribution in [0.25, 0.3) is 22.8 Å². The predicted octanol–water partition coefficient (Wildman–Crippen LogP) is 5.09. The van der Waals surface area contributed by atoms with Gasteiger partial charge in [0.2, 0.25) is 5.82 Å². The molecule has 0 saturated heterocycles. The maximum Gasteiger partial charge on any atom is 0.336 e. The summed E-state index contributed by atoms with van der Waals surface area (Å²) in [6, 6.07) is 3.26. The molecule has 1 N–H and O–H groups in total. The van der Waals surface area contributed by atoms with Crippen LogP contribution >= 0.6 is 0 Å². The molecule has 5 nitrogen and oxygen atoms in total. The number of aryl methyl sites for hydroxylation is 2. The van der Waals surface area contributed by atoms with Gasteiger partial charge in [0.1, 0.15) is 5.82 Å². The Balaban J connectivity index is 2.23. The van der Waals surface area contributed by atoms with E-state index in [0.29, 0.717) is 22.3 Å². The van der Waals surface area contributed by atoms with E-state index in [4.69, 9.17) is 4.52 Å². The van der Waals surface area contributed by atoms with Crippen LogP contribution in [0.5, 0.6) is 0 Å². The molecule has 27 heavy (non-hydrogen) atoms. The smallest absolute Gasteiger partial charge is 0.336 e. The second-order valence-corrected chi connectivity index (χ2v) is 6.92. The summed E-state index contributed by atoms with van der Waals surface area (Å²) in [5.74, 6) is -1.10. The highest BCUT2D eigenvalue weighted by molar-refractivity contribution is 5.94. The van der Waals surface area contributed by atoms with E-state index in [2.05, 4.69) is 10.1 Å². The number of carboxylic acids is 1. The van der Waals surface area contributed by atoms with Gasteiger partial charge < -0.3 is 9.63 Å². The van der Waals surface area contributed by atoms with Gasteiger partial charge in [-0.2, -0.15) is 4.98 Å². The van der Waals surface area contributed by atoms with Crippen molar-refractivity contribution in [1.82, 2.24) is 10.1 Å². The van der Waals surface area contributed by atoms with E-state index in [9.17, 15) is 14.3 Å². The molecule has 0 aliphatic carbocycles. The van der Waals surface area contributed by atoms with Gasteiger partial charge >= 0.3 is 5.97 Å². The molecule has 3 rings (SSSR count). The SMILES string of the molecule is Cc1cc(C)c(-c2nc(-c3c(C)c(C)c(C)c(C(=O)O)c3C)no2)c(F)c1. The monoisotopic (exact) mass is 368 g/mol. The Morgan fingerprint density at radius 3 is 2.22 bits per heavy atom. The van der Waals surface area contributed by atoms with Gasteiger partial charge in [0, 0.05) is 5.56 Å². The number of aromatic carboxylic acids is 1. The molecule has 0 radical (unpaired) electrons. The summed E-state index contributed by atoms with van der Waals surface area (Å²) in [6.45, 7) is 10.9. The van der Waals surface area contributed by atoms with Crippen molar-refractivity contribution in [2.24, 2.45) is 0 Å². The molecule has 0 atom stereocenters. The summed E-state index contributed by atoms with van der Waals surface area (Å²) in [4.78, 5) is 16.1. The molecule has 2 aromatic carbocycles. The van der Waals surface area contributed by atoms with Gasteiger partial charge in [-0.1, -0.05) is 11.2 Å². The number of halogens is 1. The van der Waals surface area contributed by atoms with Crippen LogP contribution in [0.1, 0.15) is 43.7 Å². The van der Waals surface area contributed by atoms with Crippen LogP contribution in [0.15, 0.2) is 16.7 Å². The van der Waals surface area contributed by atoms with Crippen molar-refractivity contribution in [3.63, 3.8) is 0 Å². The summed E-state index contributed by atoms with van der Waals surface area (Å²) in [7, 11) is 0. The van der Waals surface area contributed by atoms with Gasteiger partial charge in [-0.25, -0.2) is 9.18 Å². The van der Waals surface area contributed by atoms with Gasteiger partial charge in [0.05, 0.1) is 11.1 Å². The van der Waals surface area contributed by atoms with Gasteiger partial charge in [0.25, 0.3) is 5.89 Å². The molecule has 0 amide bonds. The fourth-order valence-electron chi connectivity index (χ4n) is 3.61. The lowest BCUT2D eigenvalue weighted by atomic mass is 9.88. The number of carbonyl (C=O) groups is 1. The first-order valence-corrected chi connectivity index (χ1v) is 8.58. The number of carboxylic acid groups (broad SMARTS) is 1. The van der Waals surface area contributed by atoms with Crippen LogP contribution in [0, 0.1) is 47.4 Å². The van der Waals surface area contributed by atoms with Crippen molar-refractivity contribution in [2.45, 2.75) is 41.5 Å². The molecular weight excluding hydrogens is 347 g/mol. The number of hydrogen-bond acceptors (Lipinski definition) is 4. The average Bonchev–Trinajstić information content (AvgIpc) is 3.00. The maximum absolute atomic E-state index is 14.4. The first-order valence-electron chi connectivity index (χ1n) is 8.58. The second kappa shape index (κ2) is 6.61. The van der Waals surface area contributed by atoms with Crippen molar-refractivity contribution in [3.8, 4) is 22.8 Å². The van der Waals surface area contributed by atoms with Gasteiger partial charge in [-0.15, -0.1) is 0 Å². The summed E-state index contributed by atoms with van der Waals surface area (Å²) < 4.78 is 19.8.